The fourth-order valence-electron chi connectivity index (χ4n) is 4.24. The van der Waals surface area contributed by atoms with Crippen molar-refractivity contribution in [1.82, 2.24) is 0 Å². The standard InChI is InChI=1S/C28H28FNO5S/c1-18-10-14-20(15-11-18)24-28(29,26(32)35-27(3,4)5)25(31)22-8-6-7-9-23(22)30(24)36(33,34)21-16-12-19(2)13-17-21/h6-17,24H,1-5H3/t24-,28-/m1/s1. The third kappa shape index (κ3) is 4.30. The fraction of sp³-hybridized carbons (Fsp3) is 0.286. The highest BCUT2D eigenvalue weighted by Crippen LogP contribution is 2.50. The van der Waals surface area contributed by atoms with E-state index in [2.05, 4.69) is 0 Å². The van der Waals surface area contributed by atoms with E-state index in [0.29, 0.717) is 0 Å². The van der Waals surface area contributed by atoms with Crippen LogP contribution in [0.1, 0.15) is 53.9 Å². The van der Waals surface area contributed by atoms with E-state index in [4.69, 9.17) is 4.74 Å². The summed E-state index contributed by atoms with van der Waals surface area (Å²) in [5.41, 5.74) is -2.86. The lowest BCUT2D eigenvalue weighted by Gasteiger charge is -2.44. The van der Waals surface area contributed by atoms with Crippen LogP contribution in [0.2, 0.25) is 0 Å². The number of rotatable bonds is 4. The maximum atomic E-state index is 17.2. The van der Waals surface area contributed by atoms with Crippen molar-refractivity contribution in [1.29, 1.82) is 0 Å². The van der Waals surface area contributed by atoms with E-state index in [1.54, 1.807) is 51.1 Å². The molecule has 0 aromatic heterocycles. The molecule has 0 saturated heterocycles. The molecular formula is C28H28FNO5S. The average Bonchev–Trinajstić information content (AvgIpc) is 2.81. The molecule has 0 bridgehead atoms. The minimum absolute atomic E-state index is 0.00881. The van der Waals surface area contributed by atoms with Crippen LogP contribution in [0.5, 0.6) is 0 Å². The number of halogens is 1. The molecule has 6 nitrogen and oxygen atoms in total. The van der Waals surface area contributed by atoms with E-state index in [9.17, 15) is 18.0 Å². The Morgan fingerprint density at radius 1 is 0.917 bits per heavy atom. The van der Waals surface area contributed by atoms with Crippen LogP contribution in [-0.4, -0.2) is 31.4 Å². The molecule has 0 spiro atoms. The average molecular weight is 510 g/mol. The maximum Gasteiger partial charge on any atom is 0.355 e. The number of para-hydroxylation sites is 1. The van der Waals surface area contributed by atoms with Gasteiger partial charge in [-0.2, -0.15) is 0 Å². The van der Waals surface area contributed by atoms with Gasteiger partial charge in [-0.05, 0) is 64.4 Å². The zero-order valence-corrected chi connectivity index (χ0v) is 21.6. The second-order valence-electron chi connectivity index (χ2n) is 9.99. The lowest BCUT2D eigenvalue weighted by molar-refractivity contribution is -0.167. The van der Waals surface area contributed by atoms with Crippen molar-refractivity contribution in [2.45, 2.75) is 56.8 Å². The summed E-state index contributed by atoms with van der Waals surface area (Å²) in [5.74, 6) is -2.59. The molecule has 0 saturated carbocycles. The number of carbonyl (C=O) groups is 2. The number of aryl methyl sites for hydroxylation is 2. The zero-order chi connectivity index (χ0) is 26.5. The molecule has 0 fully saturated rings. The number of ether oxygens (including phenoxy) is 1. The molecule has 1 heterocycles. The fourth-order valence-corrected chi connectivity index (χ4v) is 5.91. The highest BCUT2D eigenvalue weighted by molar-refractivity contribution is 7.92. The topological polar surface area (TPSA) is 80.8 Å². The van der Waals surface area contributed by atoms with Crippen molar-refractivity contribution < 1.29 is 27.1 Å². The molecule has 0 N–H and O–H groups in total. The second-order valence-corrected chi connectivity index (χ2v) is 11.8. The van der Waals surface area contributed by atoms with Crippen LogP contribution < -0.4 is 4.31 Å². The summed E-state index contributed by atoms with van der Waals surface area (Å²) in [6.45, 7) is 8.30. The molecule has 36 heavy (non-hydrogen) atoms. The monoisotopic (exact) mass is 509 g/mol. The molecule has 0 radical (unpaired) electrons. The number of sulfonamides is 1. The van der Waals surface area contributed by atoms with Crippen molar-refractivity contribution in [3.05, 3.63) is 95.1 Å². The number of fused-ring (bicyclic) bond motifs is 1. The third-order valence-electron chi connectivity index (χ3n) is 5.99. The van der Waals surface area contributed by atoms with E-state index < -0.39 is 39.1 Å². The van der Waals surface area contributed by atoms with Crippen LogP contribution in [0.25, 0.3) is 0 Å². The van der Waals surface area contributed by atoms with Gasteiger partial charge in [-0.1, -0.05) is 59.7 Å². The van der Waals surface area contributed by atoms with E-state index in [1.807, 2.05) is 13.8 Å². The summed E-state index contributed by atoms with van der Waals surface area (Å²) < 4.78 is 51.7. The van der Waals surface area contributed by atoms with Crippen molar-refractivity contribution in [2.75, 3.05) is 4.31 Å². The molecule has 0 aliphatic carbocycles. The van der Waals surface area contributed by atoms with Gasteiger partial charge in [0.2, 0.25) is 5.78 Å². The lowest BCUT2D eigenvalue weighted by Crippen LogP contribution is -2.60. The van der Waals surface area contributed by atoms with Crippen LogP contribution in [0.4, 0.5) is 10.1 Å². The van der Waals surface area contributed by atoms with E-state index in [-0.39, 0.29) is 21.7 Å². The smallest absolute Gasteiger partial charge is 0.355 e. The quantitative estimate of drug-likeness (QED) is 0.343. The number of Topliss-reactive ketones (excluding diaryl/α,β-unsaturated/α-hetero) is 1. The van der Waals surface area contributed by atoms with Gasteiger partial charge in [0, 0.05) is 5.56 Å². The SMILES string of the molecule is Cc1ccc([C@H]2N(S(=O)(=O)c3ccc(C)cc3)c3ccccc3C(=O)[C@@]2(F)C(=O)OC(C)(C)C)cc1. The largest absolute Gasteiger partial charge is 0.457 e. The van der Waals surface area contributed by atoms with Crippen LogP contribution >= 0.6 is 0 Å². The first kappa shape index (κ1) is 25.6. The van der Waals surface area contributed by atoms with E-state index >= 15 is 4.39 Å². The Balaban J connectivity index is 2.06. The summed E-state index contributed by atoms with van der Waals surface area (Å²) in [6, 6.07) is 16.5. The van der Waals surface area contributed by atoms with Crippen LogP contribution in [0, 0.1) is 13.8 Å². The maximum absolute atomic E-state index is 17.2. The molecule has 3 aromatic carbocycles. The van der Waals surface area contributed by atoms with Gasteiger partial charge >= 0.3 is 5.97 Å². The molecule has 4 rings (SSSR count). The van der Waals surface area contributed by atoms with Gasteiger partial charge in [0.15, 0.2) is 0 Å². The summed E-state index contributed by atoms with van der Waals surface area (Å²) in [4.78, 5) is 27.0. The lowest BCUT2D eigenvalue weighted by atomic mass is 9.79. The minimum atomic E-state index is -4.44. The van der Waals surface area contributed by atoms with Crippen LogP contribution in [-0.2, 0) is 19.6 Å². The molecular weight excluding hydrogens is 481 g/mol. The number of anilines is 1. The molecule has 0 unspecified atom stereocenters. The summed E-state index contributed by atoms with van der Waals surface area (Å²) in [6.07, 6.45) is 0. The van der Waals surface area contributed by atoms with Gasteiger partial charge in [-0.15, -0.1) is 0 Å². The summed E-state index contributed by atoms with van der Waals surface area (Å²) in [7, 11) is -4.44. The van der Waals surface area contributed by atoms with Gasteiger partial charge in [-0.3, -0.25) is 9.10 Å². The first-order valence-corrected chi connectivity index (χ1v) is 12.9. The number of hydrogen-bond acceptors (Lipinski definition) is 5. The van der Waals surface area contributed by atoms with Crippen molar-refractivity contribution in [3.63, 3.8) is 0 Å². The summed E-state index contributed by atoms with van der Waals surface area (Å²) in [5, 5.41) is 0. The van der Waals surface area contributed by atoms with E-state index in [1.165, 1.54) is 42.5 Å². The van der Waals surface area contributed by atoms with Gasteiger partial charge in [0.05, 0.1) is 10.6 Å². The predicted octanol–water partition coefficient (Wildman–Crippen LogP) is 5.49. The second kappa shape index (κ2) is 8.85. The number of carbonyl (C=O) groups excluding carboxylic acids is 2. The first-order chi connectivity index (χ1) is 16.8. The van der Waals surface area contributed by atoms with Crippen LogP contribution in [0.3, 0.4) is 0 Å². The highest BCUT2D eigenvalue weighted by Gasteiger charge is 2.63. The van der Waals surface area contributed by atoms with Crippen molar-refractivity contribution in [2.24, 2.45) is 0 Å². The molecule has 188 valence electrons. The number of hydrogen-bond donors (Lipinski definition) is 0. The Hall–Kier alpha value is -3.52. The third-order valence-corrected chi connectivity index (χ3v) is 7.79. The Kier molecular flexibility index (Phi) is 6.29. The minimum Gasteiger partial charge on any atom is -0.457 e. The Labute approximate surface area is 210 Å². The molecule has 1 aliphatic rings. The number of ketones is 1. The first-order valence-electron chi connectivity index (χ1n) is 11.5. The zero-order valence-electron chi connectivity index (χ0n) is 20.8. The number of alkyl halides is 1. The molecule has 2 atom stereocenters. The Morgan fingerprint density at radius 2 is 1.44 bits per heavy atom. The Morgan fingerprint density at radius 3 is 2.00 bits per heavy atom. The van der Waals surface area contributed by atoms with Crippen LogP contribution in [0.15, 0.2) is 77.7 Å². The highest BCUT2D eigenvalue weighted by atomic mass is 32.2. The van der Waals surface area contributed by atoms with Gasteiger partial charge in [0.25, 0.3) is 15.7 Å². The molecule has 3 aromatic rings. The van der Waals surface area contributed by atoms with E-state index in [0.717, 1.165) is 15.4 Å². The Bertz CT molecular complexity index is 1430. The van der Waals surface area contributed by atoms with Crippen molar-refractivity contribution in [3.8, 4) is 0 Å². The van der Waals surface area contributed by atoms with Gasteiger partial charge in [0.1, 0.15) is 11.6 Å². The molecule has 8 heteroatoms. The molecule has 0 amide bonds. The number of benzene rings is 3. The summed E-state index contributed by atoms with van der Waals surface area (Å²) >= 11 is 0. The van der Waals surface area contributed by atoms with Gasteiger partial charge in [-0.25, -0.2) is 17.6 Å². The molecule has 1 aliphatic heterocycles. The predicted molar refractivity (Wildman–Crippen MR) is 135 cm³/mol. The van der Waals surface area contributed by atoms with Crippen molar-refractivity contribution >= 4 is 27.5 Å². The van der Waals surface area contributed by atoms with Gasteiger partial charge < -0.3 is 4.74 Å². The normalized spacial score (nSPS) is 20.1. The number of nitrogens with zero attached hydrogens (tertiary/aromatic N) is 1. The number of esters is 1.